The zero-order chi connectivity index (χ0) is 23.7. The van der Waals surface area contributed by atoms with Gasteiger partial charge in [0.2, 0.25) is 11.6 Å². The smallest absolute Gasteiger partial charge is 0.211 e. The number of anilines is 1. The summed E-state index contributed by atoms with van der Waals surface area (Å²) in [5.41, 5.74) is 13.0. The summed E-state index contributed by atoms with van der Waals surface area (Å²) < 4.78 is 0. The second-order valence-corrected chi connectivity index (χ2v) is 8.85. The lowest BCUT2D eigenvalue weighted by Gasteiger charge is -2.04. The van der Waals surface area contributed by atoms with Crippen LogP contribution < -0.4 is 5.73 Å². The van der Waals surface area contributed by atoms with Gasteiger partial charge in [0.05, 0.1) is 16.9 Å². The maximum atomic E-state index is 12.3. The summed E-state index contributed by atoms with van der Waals surface area (Å²) >= 11 is 5.92. The lowest BCUT2D eigenvalue weighted by Crippen LogP contribution is -2.07. The first kappa shape index (κ1) is 26.8. The average molecular weight is 500 g/mol. The first-order valence-electron chi connectivity index (χ1n) is 11.2. The number of hydrogen-bond donors (Lipinski definition) is 1. The molecule has 6 heteroatoms. The van der Waals surface area contributed by atoms with E-state index in [-0.39, 0.29) is 26.4 Å². The van der Waals surface area contributed by atoms with E-state index in [4.69, 9.17) is 17.3 Å². The highest BCUT2D eigenvalue weighted by Gasteiger charge is 2.23. The molecule has 36 heavy (non-hydrogen) atoms. The Kier molecular flexibility index (Phi) is 8.38. The third-order valence-electron chi connectivity index (χ3n) is 6.20. The molecule has 0 amide bonds. The van der Waals surface area contributed by atoms with E-state index in [1.165, 1.54) is 6.20 Å². The summed E-state index contributed by atoms with van der Waals surface area (Å²) in [6.07, 6.45) is 6.43. The predicted octanol–water partition coefficient (Wildman–Crippen LogP) is 6.33. The van der Waals surface area contributed by atoms with E-state index in [1.807, 2.05) is 60.7 Å². The Labute approximate surface area is 217 Å². The molecule has 0 bridgehead atoms. The Hall–Kier alpha value is -3.83. The van der Waals surface area contributed by atoms with Crippen LogP contribution in [0.4, 0.5) is 5.69 Å². The van der Waals surface area contributed by atoms with Crippen molar-refractivity contribution in [1.29, 1.82) is 0 Å². The minimum atomic E-state index is 0. The summed E-state index contributed by atoms with van der Waals surface area (Å²) in [5, 5.41) is 0.586. The number of ketones is 2. The van der Waals surface area contributed by atoms with Crippen molar-refractivity contribution in [3.8, 4) is 0 Å². The summed E-state index contributed by atoms with van der Waals surface area (Å²) in [6.45, 7) is 0. The second-order valence-electron chi connectivity index (χ2n) is 8.41. The van der Waals surface area contributed by atoms with Gasteiger partial charge in [-0.3, -0.25) is 19.6 Å². The predicted molar refractivity (Wildman–Crippen MR) is 146 cm³/mol. The number of nitrogens with zero attached hydrogens (tertiary/aromatic N) is 2. The largest absolute Gasteiger partial charge is 0.397 e. The van der Waals surface area contributed by atoms with Crippen LogP contribution in [0.2, 0.25) is 5.02 Å². The number of hydrogen-bond acceptors (Lipinski definition) is 5. The molecule has 5 nitrogen and oxygen atoms in total. The average Bonchev–Trinajstić information content (AvgIpc) is 3.08. The highest BCUT2D eigenvalue weighted by Crippen LogP contribution is 2.25. The molecule has 0 radical (unpaired) electrons. The topological polar surface area (TPSA) is 85.9 Å². The quantitative estimate of drug-likeness (QED) is 0.305. The molecule has 2 N–H and O–H groups in total. The summed E-state index contributed by atoms with van der Waals surface area (Å²) in [7, 11) is 0. The molecule has 6 rings (SSSR count). The monoisotopic (exact) mass is 499 g/mol. The number of pyridine rings is 2. The van der Waals surface area contributed by atoms with Crippen LogP contribution in [0.15, 0.2) is 73.1 Å². The van der Waals surface area contributed by atoms with Gasteiger partial charge in [-0.05, 0) is 60.1 Å². The normalized spacial score (nSPS) is 13.0. The van der Waals surface area contributed by atoms with Crippen molar-refractivity contribution in [2.45, 2.75) is 40.5 Å². The number of fused-ring (bicyclic) bond motifs is 4. The Morgan fingerprint density at radius 3 is 1.64 bits per heavy atom. The highest BCUT2D eigenvalue weighted by atomic mass is 35.5. The van der Waals surface area contributed by atoms with Gasteiger partial charge in [0, 0.05) is 17.3 Å². The molecule has 2 aromatic heterocycles. The van der Waals surface area contributed by atoms with Crippen LogP contribution in [0, 0.1) is 0 Å². The Morgan fingerprint density at radius 1 is 0.639 bits per heavy atom. The molecule has 0 aliphatic heterocycles. The summed E-state index contributed by atoms with van der Waals surface area (Å²) in [6, 6.07) is 19.1. The first-order chi connectivity index (χ1) is 16.5. The van der Waals surface area contributed by atoms with Gasteiger partial charge in [0.1, 0.15) is 11.4 Å². The second kappa shape index (κ2) is 11.3. The molecule has 0 atom stereocenters. The molecule has 4 aromatic rings. The molecule has 0 saturated carbocycles. The Bertz CT molecular complexity index is 1320. The third-order valence-corrected chi connectivity index (χ3v) is 6.41. The van der Waals surface area contributed by atoms with Gasteiger partial charge >= 0.3 is 0 Å². The molecule has 2 aromatic carbocycles. The van der Waals surface area contributed by atoms with Crippen molar-refractivity contribution < 1.29 is 9.59 Å². The number of carbonyl (C=O) groups excluding carboxylic acids is 2. The minimum Gasteiger partial charge on any atom is -0.397 e. The number of benzene rings is 2. The van der Waals surface area contributed by atoms with E-state index in [0.717, 1.165) is 59.1 Å². The van der Waals surface area contributed by atoms with Gasteiger partial charge < -0.3 is 5.73 Å². The van der Waals surface area contributed by atoms with Crippen LogP contribution in [0.25, 0.3) is 0 Å². The Balaban J connectivity index is 0.000000190. The fourth-order valence-electron chi connectivity index (χ4n) is 4.51. The van der Waals surface area contributed by atoms with Crippen molar-refractivity contribution in [2.24, 2.45) is 0 Å². The molecule has 0 unspecified atom stereocenters. The van der Waals surface area contributed by atoms with Crippen LogP contribution in [-0.4, -0.2) is 21.5 Å². The van der Waals surface area contributed by atoms with Gasteiger partial charge in [0.15, 0.2) is 0 Å². The fraction of sp³-hybridized carbons (Fsp3) is 0.200. The van der Waals surface area contributed by atoms with E-state index in [2.05, 4.69) is 9.97 Å². The van der Waals surface area contributed by atoms with E-state index in [9.17, 15) is 9.59 Å². The van der Waals surface area contributed by atoms with Crippen LogP contribution >= 0.6 is 11.6 Å². The molecular weight excluding hydrogens is 470 g/mol. The van der Waals surface area contributed by atoms with Gasteiger partial charge in [-0.15, -0.1) is 0 Å². The molecule has 184 valence electrons. The zero-order valence-corrected chi connectivity index (χ0v) is 19.2. The highest BCUT2D eigenvalue weighted by molar-refractivity contribution is 6.30. The maximum Gasteiger partial charge on any atom is 0.211 e. The number of aryl methyl sites for hydroxylation is 4. The van der Waals surface area contributed by atoms with Gasteiger partial charge in [-0.2, -0.15) is 0 Å². The molecule has 0 saturated heterocycles. The van der Waals surface area contributed by atoms with E-state index in [1.54, 1.807) is 6.20 Å². The zero-order valence-electron chi connectivity index (χ0n) is 18.4. The molecule has 2 heterocycles. The molecule has 2 aliphatic rings. The molecular formula is C30H30ClN3O2. The van der Waals surface area contributed by atoms with Gasteiger partial charge in [-0.25, -0.2) is 0 Å². The molecule has 0 spiro atoms. The molecule has 2 aliphatic carbocycles. The van der Waals surface area contributed by atoms with Crippen molar-refractivity contribution in [2.75, 3.05) is 5.73 Å². The lowest BCUT2D eigenvalue weighted by molar-refractivity contribution is 0.102. The number of nitrogens with two attached hydrogens (primary N) is 1. The van der Waals surface area contributed by atoms with Crippen molar-refractivity contribution in [3.63, 3.8) is 0 Å². The van der Waals surface area contributed by atoms with Crippen LogP contribution in [0.1, 0.15) is 69.2 Å². The SMILES string of the molecule is C.C.Nc1cnc2c(c1)CCc1ccccc1C2=O.O=C1c2ccccc2CCc2cc(Cl)cnc21. The number of carbonyl (C=O) groups is 2. The van der Waals surface area contributed by atoms with Crippen LogP contribution in [0.5, 0.6) is 0 Å². The maximum absolute atomic E-state index is 12.3. The molecule has 0 fully saturated rings. The first-order valence-corrected chi connectivity index (χ1v) is 11.5. The van der Waals surface area contributed by atoms with Crippen LogP contribution in [-0.2, 0) is 25.7 Å². The number of nitrogen functional groups attached to an aromatic ring is 1. The van der Waals surface area contributed by atoms with Gasteiger partial charge in [-0.1, -0.05) is 75.0 Å². The number of aromatic nitrogens is 2. The van der Waals surface area contributed by atoms with E-state index >= 15 is 0 Å². The minimum absolute atomic E-state index is 0. The van der Waals surface area contributed by atoms with Crippen molar-refractivity contribution >= 4 is 28.9 Å². The van der Waals surface area contributed by atoms with Gasteiger partial charge in [0.25, 0.3) is 0 Å². The number of halogens is 1. The summed E-state index contributed by atoms with van der Waals surface area (Å²) in [5.74, 6) is 0.0119. The van der Waals surface area contributed by atoms with Crippen LogP contribution in [0.3, 0.4) is 0 Å². The lowest BCUT2D eigenvalue weighted by atomic mass is 10.0. The Morgan fingerprint density at radius 2 is 1.08 bits per heavy atom. The summed E-state index contributed by atoms with van der Waals surface area (Å²) in [4.78, 5) is 33.0. The van der Waals surface area contributed by atoms with Crippen molar-refractivity contribution in [1.82, 2.24) is 9.97 Å². The number of rotatable bonds is 0. The van der Waals surface area contributed by atoms with E-state index < -0.39 is 0 Å². The standard InChI is InChI=1S/C14H10ClNO.C14H12N2O.2CH4/c2*15-11-7-10-6-5-9-3-1-2-4-12(9)14(17)13(10)16-8-11;;/h1-4,7-8H,5-6H2;1-4,7-8H,5-6,15H2;2*1H4. The van der Waals surface area contributed by atoms with E-state index in [0.29, 0.717) is 22.1 Å². The third kappa shape index (κ3) is 5.21. The van der Waals surface area contributed by atoms with Crippen molar-refractivity contribution in [3.05, 3.63) is 123 Å². The fourth-order valence-corrected chi connectivity index (χ4v) is 4.69.